The molecular formula is C18H22N6OS. The lowest BCUT2D eigenvalue weighted by molar-refractivity contribution is 0.573. The molecule has 1 fully saturated rings. The van der Waals surface area contributed by atoms with Crippen LogP contribution in [-0.4, -0.2) is 45.9 Å². The summed E-state index contributed by atoms with van der Waals surface area (Å²) >= 11 is 1.64. The molecule has 0 radical (unpaired) electrons. The summed E-state index contributed by atoms with van der Waals surface area (Å²) in [4.78, 5) is 21.7. The Bertz CT molecular complexity index is 987. The number of fused-ring (bicyclic) bond motifs is 1. The van der Waals surface area contributed by atoms with Crippen LogP contribution < -0.4 is 15.4 Å². The highest BCUT2D eigenvalue weighted by Crippen LogP contribution is 2.24. The second kappa shape index (κ2) is 6.68. The van der Waals surface area contributed by atoms with Gasteiger partial charge in [0.05, 0.1) is 17.2 Å². The van der Waals surface area contributed by atoms with E-state index in [4.69, 9.17) is 0 Å². The molecule has 0 bridgehead atoms. The summed E-state index contributed by atoms with van der Waals surface area (Å²) < 4.78 is 1.67. The van der Waals surface area contributed by atoms with Gasteiger partial charge in [0.15, 0.2) is 0 Å². The number of hydrogen-bond donors (Lipinski definition) is 0. The Morgan fingerprint density at radius 2 is 1.81 bits per heavy atom. The molecule has 136 valence electrons. The summed E-state index contributed by atoms with van der Waals surface area (Å²) in [6.45, 7) is 9.60. The van der Waals surface area contributed by atoms with Crippen LogP contribution in [-0.2, 0) is 0 Å². The van der Waals surface area contributed by atoms with E-state index < -0.39 is 0 Å². The summed E-state index contributed by atoms with van der Waals surface area (Å²) in [7, 11) is 0. The first-order valence-corrected chi connectivity index (χ1v) is 9.65. The molecule has 1 aromatic carbocycles. The third-order valence-electron chi connectivity index (χ3n) is 4.75. The highest BCUT2D eigenvalue weighted by molar-refractivity contribution is 7.15. The Kier molecular flexibility index (Phi) is 4.36. The molecule has 7 nitrogen and oxygen atoms in total. The zero-order valence-corrected chi connectivity index (χ0v) is 16.0. The van der Waals surface area contributed by atoms with E-state index in [1.807, 2.05) is 39.0 Å². The largest absolute Gasteiger partial charge is 0.368 e. The van der Waals surface area contributed by atoms with E-state index >= 15 is 0 Å². The van der Waals surface area contributed by atoms with E-state index in [0.29, 0.717) is 5.39 Å². The van der Waals surface area contributed by atoms with Crippen molar-refractivity contribution in [3.63, 3.8) is 0 Å². The minimum Gasteiger partial charge on any atom is -0.368 e. The van der Waals surface area contributed by atoms with E-state index in [2.05, 4.69) is 25.0 Å². The SMILES string of the molecule is Cc1nnc(N2CCN(c3ccc4c(=O)n(C(C)C)cnc4c3)CC2)s1. The van der Waals surface area contributed by atoms with Gasteiger partial charge in [0.25, 0.3) is 5.56 Å². The number of nitrogens with zero attached hydrogens (tertiary/aromatic N) is 6. The van der Waals surface area contributed by atoms with Crippen LogP contribution in [0.3, 0.4) is 0 Å². The van der Waals surface area contributed by atoms with Gasteiger partial charge in [-0.1, -0.05) is 11.3 Å². The molecule has 3 aromatic rings. The number of hydrogen-bond acceptors (Lipinski definition) is 7. The van der Waals surface area contributed by atoms with Crippen LogP contribution in [0.25, 0.3) is 10.9 Å². The average molecular weight is 370 g/mol. The van der Waals surface area contributed by atoms with Crippen LogP contribution in [0.15, 0.2) is 29.3 Å². The highest BCUT2D eigenvalue weighted by Gasteiger charge is 2.20. The normalized spacial score (nSPS) is 15.2. The Morgan fingerprint density at radius 3 is 2.46 bits per heavy atom. The van der Waals surface area contributed by atoms with Gasteiger partial charge in [0, 0.05) is 37.9 Å². The predicted molar refractivity (Wildman–Crippen MR) is 105 cm³/mol. The van der Waals surface area contributed by atoms with Gasteiger partial charge in [-0.2, -0.15) is 0 Å². The molecule has 3 heterocycles. The number of piperazine rings is 1. The van der Waals surface area contributed by atoms with Crippen LogP contribution in [0.1, 0.15) is 24.9 Å². The summed E-state index contributed by atoms with van der Waals surface area (Å²) in [5.74, 6) is 0. The molecule has 1 saturated heterocycles. The number of benzene rings is 1. The zero-order valence-electron chi connectivity index (χ0n) is 15.2. The third-order valence-corrected chi connectivity index (χ3v) is 5.65. The van der Waals surface area contributed by atoms with Gasteiger partial charge in [-0.25, -0.2) is 4.98 Å². The van der Waals surface area contributed by atoms with Gasteiger partial charge in [-0.05, 0) is 39.0 Å². The molecule has 0 spiro atoms. The molecule has 2 aromatic heterocycles. The number of aromatic nitrogens is 4. The van der Waals surface area contributed by atoms with Crippen molar-refractivity contribution >= 4 is 33.1 Å². The van der Waals surface area contributed by atoms with Crippen LogP contribution >= 0.6 is 11.3 Å². The van der Waals surface area contributed by atoms with Gasteiger partial charge in [-0.3, -0.25) is 9.36 Å². The Morgan fingerprint density at radius 1 is 1.08 bits per heavy atom. The highest BCUT2D eigenvalue weighted by atomic mass is 32.1. The molecule has 4 rings (SSSR count). The van der Waals surface area contributed by atoms with Crippen LogP contribution in [0.2, 0.25) is 0 Å². The van der Waals surface area contributed by atoms with Crippen molar-refractivity contribution in [1.29, 1.82) is 0 Å². The van der Waals surface area contributed by atoms with Gasteiger partial charge < -0.3 is 9.80 Å². The first-order valence-electron chi connectivity index (χ1n) is 8.84. The van der Waals surface area contributed by atoms with Crippen molar-refractivity contribution in [2.75, 3.05) is 36.0 Å². The van der Waals surface area contributed by atoms with E-state index in [-0.39, 0.29) is 11.6 Å². The fourth-order valence-electron chi connectivity index (χ4n) is 3.26. The molecular weight excluding hydrogens is 348 g/mol. The van der Waals surface area contributed by atoms with Gasteiger partial charge in [0.2, 0.25) is 5.13 Å². The topological polar surface area (TPSA) is 67.2 Å². The number of aryl methyl sites for hydroxylation is 1. The minimum absolute atomic E-state index is 0.0213. The van der Waals surface area contributed by atoms with E-state index in [1.54, 1.807) is 22.2 Å². The van der Waals surface area contributed by atoms with Crippen molar-refractivity contribution in [3.05, 3.63) is 39.9 Å². The lowest BCUT2D eigenvalue weighted by Gasteiger charge is -2.35. The second-order valence-corrected chi connectivity index (χ2v) is 7.99. The molecule has 26 heavy (non-hydrogen) atoms. The quantitative estimate of drug-likeness (QED) is 0.706. The Labute approximate surface area is 155 Å². The van der Waals surface area contributed by atoms with Crippen LogP contribution in [0.5, 0.6) is 0 Å². The molecule has 1 aliphatic heterocycles. The van der Waals surface area contributed by atoms with Crippen molar-refractivity contribution in [1.82, 2.24) is 19.7 Å². The molecule has 1 aliphatic rings. The molecule has 0 atom stereocenters. The lowest BCUT2D eigenvalue weighted by atomic mass is 10.2. The first kappa shape index (κ1) is 17.0. The molecule has 0 amide bonds. The molecule has 8 heteroatoms. The maximum Gasteiger partial charge on any atom is 0.261 e. The summed E-state index contributed by atoms with van der Waals surface area (Å²) in [5, 5.41) is 11.0. The predicted octanol–water partition coefficient (Wildman–Crippen LogP) is 2.46. The fourth-order valence-corrected chi connectivity index (χ4v) is 4.00. The van der Waals surface area contributed by atoms with Crippen molar-refractivity contribution in [3.8, 4) is 0 Å². The van der Waals surface area contributed by atoms with Crippen molar-refractivity contribution < 1.29 is 0 Å². The minimum atomic E-state index is 0.0213. The smallest absolute Gasteiger partial charge is 0.261 e. The molecule has 0 aliphatic carbocycles. The molecule has 0 saturated carbocycles. The monoisotopic (exact) mass is 370 g/mol. The van der Waals surface area contributed by atoms with E-state index in [0.717, 1.165) is 47.5 Å². The van der Waals surface area contributed by atoms with E-state index in [9.17, 15) is 4.79 Å². The number of anilines is 2. The van der Waals surface area contributed by atoms with Gasteiger partial charge in [0.1, 0.15) is 5.01 Å². The fraction of sp³-hybridized carbons (Fsp3) is 0.444. The molecule has 0 unspecified atom stereocenters. The second-order valence-electron chi connectivity index (χ2n) is 6.83. The summed E-state index contributed by atoms with van der Waals surface area (Å²) in [6, 6.07) is 6.06. The van der Waals surface area contributed by atoms with Gasteiger partial charge in [-0.15, -0.1) is 10.2 Å². The van der Waals surface area contributed by atoms with Crippen molar-refractivity contribution in [2.24, 2.45) is 0 Å². The third kappa shape index (κ3) is 3.05. The molecule has 0 N–H and O–H groups in total. The number of rotatable bonds is 3. The maximum absolute atomic E-state index is 12.6. The zero-order chi connectivity index (χ0) is 18.3. The first-order chi connectivity index (χ1) is 12.5. The Balaban J connectivity index is 1.54. The van der Waals surface area contributed by atoms with Crippen LogP contribution in [0.4, 0.5) is 10.8 Å². The summed E-state index contributed by atoms with van der Waals surface area (Å²) in [5.41, 5.74) is 1.89. The maximum atomic E-state index is 12.6. The summed E-state index contributed by atoms with van der Waals surface area (Å²) in [6.07, 6.45) is 1.65. The van der Waals surface area contributed by atoms with E-state index in [1.165, 1.54) is 0 Å². The Hall–Kier alpha value is -2.48. The average Bonchev–Trinajstić information content (AvgIpc) is 3.08. The standard InChI is InChI=1S/C18H22N6OS/c1-12(2)24-11-19-16-10-14(4-5-15(16)17(24)25)22-6-8-23(9-7-22)18-21-20-13(3)26-18/h4-5,10-12H,6-9H2,1-3H3. The van der Waals surface area contributed by atoms with Gasteiger partial charge >= 0.3 is 0 Å². The van der Waals surface area contributed by atoms with Crippen LogP contribution in [0, 0.1) is 6.92 Å². The van der Waals surface area contributed by atoms with Crippen molar-refractivity contribution in [2.45, 2.75) is 26.8 Å². The lowest BCUT2D eigenvalue weighted by Crippen LogP contribution is -2.46.